The van der Waals surface area contributed by atoms with Gasteiger partial charge in [-0.3, -0.25) is 4.79 Å². The predicted octanol–water partition coefficient (Wildman–Crippen LogP) is 4.57. The van der Waals surface area contributed by atoms with Gasteiger partial charge >= 0.3 is 5.97 Å². The first-order valence-electron chi connectivity index (χ1n) is 10.4. The third-order valence-corrected chi connectivity index (χ3v) is 6.90. The van der Waals surface area contributed by atoms with Crippen LogP contribution in [-0.4, -0.2) is 52.7 Å². The number of aromatic carboxylic acids is 1. The Hall–Kier alpha value is -1.83. The number of carbonyl (C=O) groups excluding carboxylic acids is 1. The van der Waals surface area contributed by atoms with Gasteiger partial charge in [0, 0.05) is 28.7 Å². The molecule has 1 amide bonds. The Morgan fingerprint density at radius 2 is 1.91 bits per heavy atom. The van der Waals surface area contributed by atoms with Crippen LogP contribution < -0.4 is 4.90 Å². The van der Waals surface area contributed by atoms with Gasteiger partial charge < -0.3 is 20.0 Å². The minimum atomic E-state index is -2.09. The highest BCUT2D eigenvalue weighted by Gasteiger charge is 2.55. The topological polar surface area (TPSA) is 81.1 Å². The Labute approximate surface area is 203 Å². The molecule has 0 bridgehead atoms. The zero-order valence-corrected chi connectivity index (χ0v) is 19.9. The summed E-state index contributed by atoms with van der Waals surface area (Å²) in [5.74, 6) is -1.70. The van der Waals surface area contributed by atoms with Gasteiger partial charge in [0.25, 0.3) is 5.91 Å². The smallest absolute Gasteiger partial charge is 0.335 e. The average Bonchev–Trinajstić information content (AvgIpc) is 2.88. The van der Waals surface area contributed by atoms with Gasteiger partial charge in [-0.05, 0) is 44.1 Å². The van der Waals surface area contributed by atoms with E-state index >= 15 is 0 Å². The van der Waals surface area contributed by atoms with Crippen molar-refractivity contribution in [1.82, 2.24) is 4.90 Å². The molecule has 2 aliphatic rings. The van der Waals surface area contributed by atoms with Crippen LogP contribution >= 0.6 is 35.6 Å². The van der Waals surface area contributed by atoms with Gasteiger partial charge in [-0.25, -0.2) is 4.79 Å². The molecule has 0 spiro atoms. The van der Waals surface area contributed by atoms with Crippen LogP contribution in [0.25, 0.3) is 0 Å². The molecule has 1 fully saturated rings. The number of halogens is 3. The average molecular weight is 500 g/mol. The molecule has 0 saturated carbocycles. The van der Waals surface area contributed by atoms with Crippen molar-refractivity contribution in [3.05, 3.63) is 63.1 Å². The molecule has 2 aromatic carbocycles. The second kappa shape index (κ2) is 9.57. The Morgan fingerprint density at radius 3 is 2.56 bits per heavy atom. The number of benzene rings is 2. The fraction of sp³-hybridized carbons (Fsp3) is 0.391. The molecule has 9 heteroatoms. The van der Waals surface area contributed by atoms with Crippen LogP contribution in [0.3, 0.4) is 0 Å². The molecule has 1 saturated heterocycles. The van der Waals surface area contributed by atoms with E-state index in [1.54, 1.807) is 29.2 Å². The van der Waals surface area contributed by atoms with Crippen LogP contribution in [0.1, 0.15) is 47.7 Å². The zero-order chi connectivity index (χ0) is 22.3. The molecule has 2 heterocycles. The van der Waals surface area contributed by atoms with Gasteiger partial charge in [0.1, 0.15) is 0 Å². The van der Waals surface area contributed by atoms with E-state index in [1.165, 1.54) is 12.1 Å². The number of likely N-dealkylation sites (N-methyl/N-ethyl adjacent to an activating group) is 1. The second-order valence-electron chi connectivity index (χ2n) is 8.07. The molecule has 6 nitrogen and oxygen atoms in total. The van der Waals surface area contributed by atoms with Crippen molar-refractivity contribution in [3.8, 4) is 0 Å². The molecule has 2 unspecified atom stereocenters. The number of hydrogen-bond donors (Lipinski definition) is 2. The fourth-order valence-corrected chi connectivity index (χ4v) is 5.34. The molecule has 4 rings (SSSR count). The molecule has 0 aliphatic carbocycles. The maximum atomic E-state index is 13.9. The van der Waals surface area contributed by atoms with Crippen LogP contribution in [0.5, 0.6) is 0 Å². The van der Waals surface area contributed by atoms with Gasteiger partial charge in [-0.1, -0.05) is 54.7 Å². The van der Waals surface area contributed by atoms with E-state index in [-0.39, 0.29) is 45.2 Å². The Bertz CT molecular complexity index is 1050. The van der Waals surface area contributed by atoms with Crippen molar-refractivity contribution in [2.75, 3.05) is 24.5 Å². The summed E-state index contributed by atoms with van der Waals surface area (Å²) >= 11 is 12.9. The van der Waals surface area contributed by atoms with E-state index in [4.69, 9.17) is 23.2 Å². The number of carboxylic acid groups (broad SMARTS) is 1. The van der Waals surface area contributed by atoms with E-state index < -0.39 is 17.5 Å². The van der Waals surface area contributed by atoms with Crippen LogP contribution in [-0.2, 0) is 10.4 Å². The van der Waals surface area contributed by atoms with Crippen LogP contribution in [0.15, 0.2) is 36.4 Å². The first kappa shape index (κ1) is 24.8. The number of hydrogen-bond acceptors (Lipinski definition) is 4. The lowest BCUT2D eigenvalue weighted by Gasteiger charge is -2.32. The SMILES string of the molecule is CCN1CCCCC(N2C(=O)C(O)(c3ccccc3Cl)c3c(Cl)cc(C(=O)O)cc32)C1.Cl. The van der Waals surface area contributed by atoms with Gasteiger partial charge in [0.15, 0.2) is 5.60 Å². The highest BCUT2D eigenvalue weighted by atomic mass is 35.5. The number of anilines is 1. The summed E-state index contributed by atoms with van der Waals surface area (Å²) in [4.78, 5) is 29.4. The number of carboxylic acids is 1. The number of likely N-dealkylation sites (tertiary alicyclic amines) is 1. The van der Waals surface area contributed by atoms with Gasteiger partial charge in [-0.15, -0.1) is 12.4 Å². The summed E-state index contributed by atoms with van der Waals surface area (Å²) in [6, 6.07) is 9.09. The van der Waals surface area contributed by atoms with Crippen LogP contribution in [0.2, 0.25) is 10.0 Å². The van der Waals surface area contributed by atoms with Crippen LogP contribution in [0.4, 0.5) is 5.69 Å². The Balaban J connectivity index is 0.00000289. The number of fused-ring (bicyclic) bond motifs is 1. The van der Waals surface area contributed by atoms with Crippen molar-refractivity contribution in [3.63, 3.8) is 0 Å². The summed E-state index contributed by atoms with van der Waals surface area (Å²) in [5.41, 5.74) is -1.38. The number of amides is 1. The van der Waals surface area contributed by atoms with E-state index in [2.05, 4.69) is 11.8 Å². The summed E-state index contributed by atoms with van der Waals surface area (Å²) in [6.07, 6.45) is 2.69. The molecule has 32 heavy (non-hydrogen) atoms. The molecule has 2 aliphatic heterocycles. The lowest BCUT2D eigenvalue weighted by molar-refractivity contribution is -0.132. The number of carbonyl (C=O) groups is 2. The summed E-state index contributed by atoms with van der Waals surface area (Å²) in [5, 5.41) is 21.7. The number of aliphatic hydroxyl groups is 1. The largest absolute Gasteiger partial charge is 0.478 e. The fourth-order valence-electron chi connectivity index (χ4n) is 4.72. The van der Waals surface area contributed by atoms with E-state index in [0.29, 0.717) is 12.2 Å². The number of rotatable bonds is 4. The van der Waals surface area contributed by atoms with E-state index in [1.807, 2.05) is 0 Å². The minimum absolute atomic E-state index is 0. The second-order valence-corrected chi connectivity index (χ2v) is 8.88. The monoisotopic (exact) mass is 498 g/mol. The third kappa shape index (κ3) is 3.99. The van der Waals surface area contributed by atoms with E-state index in [0.717, 1.165) is 32.4 Å². The summed E-state index contributed by atoms with van der Waals surface area (Å²) in [7, 11) is 0. The molecular formula is C23H25Cl3N2O4. The highest BCUT2D eigenvalue weighted by molar-refractivity contribution is 6.35. The molecule has 2 aromatic rings. The molecule has 2 N–H and O–H groups in total. The van der Waals surface area contributed by atoms with Crippen molar-refractivity contribution < 1.29 is 19.8 Å². The highest BCUT2D eigenvalue weighted by Crippen LogP contribution is 2.51. The van der Waals surface area contributed by atoms with Gasteiger partial charge in [0.2, 0.25) is 0 Å². The first-order chi connectivity index (χ1) is 14.8. The molecule has 2 atom stereocenters. The standard InChI is InChI=1S/C23H24Cl2N2O4.ClH/c1-2-26-10-6-5-7-15(13-26)27-19-12-14(21(28)29)11-18(25)20(19)23(31,22(27)30)16-8-3-4-9-17(16)24;/h3-4,8-9,11-12,15,31H,2,5-7,10,13H2,1H3,(H,28,29);1H. The van der Waals surface area contributed by atoms with E-state index in [9.17, 15) is 19.8 Å². The lowest BCUT2D eigenvalue weighted by Crippen LogP contribution is -2.49. The first-order valence-corrected chi connectivity index (χ1v) is 11.1. The predicted molar refractivity (Wildman–Crippen MR) is 127 cm³/mol. The summed E-state index contributed by atoms with van der Waals surface area (Å²) in [6.45, 7) is 4.49. The quantitative estimate of drug-likeness (QED) is 0.644. The Kier molecular flexibility index (Phi) is 7.42. The maximum Gasteiger partial charge on any atom is 0.335 e. The maximum absolute atomic E-state index is 13.9. The Morgan fingerprint density at radius 1 is 1.19 bits per heavy atom. The zero-order valence-electron chi connectivity index (χ0n) is 17.6. The van der Waals surface area contributed by atoms with Crippen molar-refractivity contribution in [1.29, 1.82) is 0 Å². The van der Waals surface area contributed by atoms with Gasteiger partial charge in [-0.2, -0.15) is 0 Å². The van der Waals surface area contributed by atoms with Gasteiger partial charge in [0.05, 0.1) is 16.3 Å². The van der Waals surface area contributed by atoms with Crippen molar-refractivity contribution in [2.45, 2.75) is 37.8 Å². The minimum Gasteiger partial charge on any atom is -0.478 e. The van der Waals surface area contributed by atoms with Crippen LogP contribution in [0, 0.1) is 0 Å². The van der Waals surface area contributed by atoms with Crippen molar-refractivity contribution >= 4 is 53.2 Å². The normalized spacial score (nSPS) is 23.4. The van der Waals surface area contributed by atoms with Crippen molar-refractivity contribution in [2.24, 2.45) is 0 Å². The molecule has 172 valence electrons. The third-order valence-electron chi connectivity index (χ3n) is 6.27. The lowest BCUT2D eigenvalue weighted by atomic mass is 9.87. The number of nitrogens with zero attached hydrogens (tertiary/aromatic N) is 2. The summed E-state index contributed by atoms with van der Waals surface area (Å²) < 4.78 is 0. The molecule has 0 aromatic heterocycles. The molecular weight excluding hydrogens is 475 g/mol. The molecule has 0 radical (unpaired) electrons.